The van der Waals surface area contributed by atoms with Gasteiger partial charge >= 0.3 is 0 Å². The molecule has 0 amide bonds. The third-order valence-electron chi connectivity index (χ3n) is 3.67. The highest BCUT2D eigenvalue weighted by Gasteiger charge is 2.40. The second-order valence-electron chi connectivity index (χ2n) is 4.76. The molecule has 2 heterocycles. The predicted octanol–water partition coefficient (Wildman–Crippen LogP) is 3.41. The van der Waals surface area contributed by atoms with Crippen LogP contribution in [0.25, 0.3) is 6.08 Å². The van der Waals surface area contributed by atoms with Crippen LogP contribution >= 0.6 is 0 Å². The lowest BCUT2D eigenvalue weighted by Crippen LogP contribution is -2.34. The third-order valence-corrected chi connectivity index (χ3v) is 3.67. The molecule has 2 aliphatic rings. The van der Waals surface area contributed by atoms with E-state index in [2.05, 4.69) is 41.7 Å². The summed E-state index contributed by atoms with van der Waals surface area (Å²) < 4.78 is 6.26. The maximum Gasteiger partial charge on any atom is 0.172 e. The molecule has 0 aromatic heterocycles. The van der Waals surface area contributed by atoms with Gasteiger partial charge in [0.2, 0.25) is 0 Å². The third kappa shape index (κ3) is 1.23. The molecule has 2 aliphatic heterocycles. The van der Waals surface area contributed by atoms with Gasteiger partial charge in [-0.2, -0.15) is 0 Å². The van der Waals surface area contributed by atoms with Crippen molar-refractivity contribution >= 4 is 11.8 Å². The summed E-state index contributed by atoms with van der Waals surface area (Å²) in [5.41, 5.74) is 3.19. The molecule has 0 saturated heterocycles. The molecule has 88 valence electrons. The van der Waals surface area contributed by atoms with Crippen molar-refractivity contribution in [3.8, 4) is 5.75 Å². The van der Waals surface area contributed by atoms with Crippen LogP contribution in [0.2, 0.25) is 0 Å². The summed E-state index contributed by atoms with van der Waals surface area (Å²) in [5, 5.41) is 3.42. The van der Waals surface area contributed by atoms with Crippen LogP contribution in [-0.4, -0.2) is 6.54 Å². The van der Waals surface area contributed by atoms with Crippen LogP contribution < -0.4 is 10.1 Å². The first-order valence-corrected chi connectivity index (χ1v) is 6.18. The van der Waals surface area contributed by atoms with Crippen molar-refractivity contribution in [3.63, 3.8) is 0 Å². The zero-order valence-electron chi connectivity index (χ0n) is 9.89. The Morgan fingerprint density at radius 3 is 2.83 bits per heavy atom. The Bertz CT molecular complexity index is 647. The Labute approximate surface area is 106 Å². The Morgan fingerprint density at radius 2 is 1.83 bits per heavy atom. The second kappa shape index (κ2) is 3.39. The Hall–Kier alpha value is -2.22. The minimum absolute atomic E-state index is 0.342. The SMILES string of the molecule is C1=CC2(CNc3ccccc32)Oc2ccccc21. The highest BCUT2D eigenvalue weighted by atomic mass is 16.5. The molecule has 4 rings (SSSR count). The lowest BCUT2D eigenvalue weighted by molar-refractivity contribution is 0.139. The van der Waals surface area contributed by atoms with E-state index >= 15 is 0 Å². The molecule has 18 heavy (non-hydrogen) atoms. The molecular formula is C16H13NO. The largest absolute Gasteiger partial charge is 0.476 e. The standard InChI is InChI=1S/C16H13NO/c1-4-8-15-12(5-1)9-10-16(18-15)11-17-14-7-3-2-6-13(14)16/h1-10,17H,11H2. The molecule has 1 spiro atoms. The lowest BCUT2D eigenvalue weighted by atomic mass is 9.92. The molecule has 0 fully saturated rings. The molecule has 2 aromatic rings. The molecule has 1 unspecified atom stereocenters. The number of ether oxygens (including phenoxy) is 1. The second-order valence-corrected chi connectivity index (χ2v) is 4.76. The maximum absolute atomic E-state index is 6.26. The number of anilines is 1. The topological polar surface area (TPSA) is 21.3 Å². The van der Waals surface area contributed by atoms with Crippen LogP contribution in [0.3, 0.4) is 0 Å². The molecule has 0 aliphatic carbocycles. The summed E-state index contributed by atoms with van der Waals surface area (Å²) in [6.45, 7) is 0.789. The van der Waals surface area contributed by atoms with E-state index in [1.165, 1.54) is 11.3 Å². The van der Waals surface area contributed by atoms with Gasteiger partial charge in [-0.25, -0.2) is 0 Å². The molecule has 0 bridgehead atoms. The zero-order chi connectivity index (χ0) is 12.0. The van der Waals surface area contributed by atoms with Crippen LogP contribution in [0.1, 0.15) is 11.1 Å². The van der Waals surface area contributed by atoms with Crippen LogP contribution in [0.15, 0.2) is 54.6 Å². The van der Waals surface area contributed by atoms with Crippen LogP contribution in [0.5, 0.6) is 5.75 Å². The fourth-order valence-corrected chi connectivity index (χ4v) is 2.73. The average Bonchev–Trinajstić information content (AvgIpc) is 2.78. The first-order chi connectivity index (χ1) is 8.87. The van der Waals surface area contributed by atoms with Gasteiger partial charge < -0.3 is 10.1 Å². The number of hydrogen-bond donors (Lipinski definition) is 1. The van der Waals surface area contributed by atoms with E-state index in [1.807, 2.05) is 24.3 Å². The first-order valence-electron chi connectivity index (χ1n) is 6.18. The van der Waals surface area contributed by atoms with Crippen LogP contribution in [-0.2, 0) is 5.60 Å². The number of rotatable bonds is 0. The van der Waals surface area contributed by atoms with Crippen molar-refractivity contribution in [2.24, 2.45) is 0 Å². The Morgan fingerprint density at radius 1 is 1.00 bits per heavy atom. The zero-order valence-corrected chi connectivity index (χ0v) is 9.89. The van der Waals surface area contributed by atoms with E-state index in [0.717, 1.165) is 17.9 Å². The Balaban J connectivity index is 1.86. The smallest absolute Gasteiger partial charge is 0.172 e. The molecular weight excluding hydrogens is 222 g/mol. The van der Waals surface area contributed by atoms with Crippen LogP contribution in [0, 0.1) is 0 Å². The van der Waals surface area contributed by atoms with Gasteiger partial charge in [-0.3, -0.25) is 0 Å². The van der Waals surface area contributed by atoms with Gasteiger partial charge in [-0.1, -0.05) is 42.5 Å². The normalized spacial score (nSPS) is 23.1. The Kier molecular flexibility index (Phi) is 1.84. The van der Waals surface area contributed by atoms with Crippen molar-refractivity contribution in [3.05, 3.63) is 65.7 Å². The van der Waals surface area contributed by atoms with Gasteiger partial charge in [0.05, 0.1) is 6.54 Å². The van der Waals surface area contributed by atoms with Crippen molar-refractivity contribution in [1.29, 1.82) is 0 Å². The summed E-state index contributed by atoms with van der Waals surface area (Å²) in [7, 11) is 0. The number of nitrogens with one attached hydrogen (secondary N) is 1. The van der Waals surface area contributed by atoms with E-state index in [4.69, 9.17) is 4.74 Å². The molecule has 2 nitrogen and oxygen atoms in total. The van der Waals surface area contributed by atoms with Crippen molar-refractivity contribution in [2.45, 2.75) is 5.60 Å². The predicted molar refractivity (Wildman–Crippen MR) is 72.7 cm³/mol. The highest BCUT2D eigenvalue weighted by molar-refractivity contribution is 5.68. The minimum Gasteiger partial charge on any atom is -0.476 e. The van der Waals surface area contributed by atoms with Gasteiger partial charge in [0, 0.05) is 16.8 Å². The summed E-state index contributed by atoms with van der Waals surface area (Å²) in [6.07, 6.45) is 4.32. The van der Waals surface area contributed by atoms with Gasteiger partial charge in [0.1, 0.15) is 5.75 Å². The summed E-state index contributed by atoms with van der Waals surface area (Å²) in [5.74, 6) is 0.957. The monoisotopic (exact) mass is 235 g/mol. The van der Waals surface area contributed by atoms with Gasteiger partial charge in [-0.05, 0) is 18.2 Å². The van der Waals surface area contributed by atoms with Crippen molar-refractivity contribution in [1.82, 2.24) is 0 Å². The van der Waals surface area contributed by atoms with Gasteiger partial charge in [-0.15, -0.1) is 0 Å². The summed E-state index contributed by atoms with van der Waals surface area (Å²) in [4.78, 5) is 0. The van der Waals surface area contributed by atoms with E-state index in [-0.39, 0.29) is 5.60 Å². The van der Waals surface area contributed by atoms with Crippen LogP contribution in [0.4, 0.5) is 5.69 Å². The van der Waals surface area contributed by atoms with Gasteiger partial charge in [0.25, 0.3) is 0 Å². The first kappa shape index (κ1) is 9.77. The fourth-order valence-electron chi connectivity index (χ4n) is 2.73. The fraction of sp³-hybridized carbons (Fsp3) is 0.125. The molecule has 1 atom stereocenters. The number of fused-ring (bicyclic) bond motifs is 3. The molecule has 0 radical (unpaired) electrons. The molecule has 0 saturated carbocycles. The molecule has 1 N–H and O–H groups in total. The highest BCUT2D eigenvalue weighted by Crippen LogP contribution is 2.43. The van der Waals surface area contributed by atoms with E-state index < -0.39 is 0 Å². The van der Waals surface area contributed by atoms with Crippen molar-refractivity contribution < 1.29 is 4.74 Å². The number of para-hydroxylation sites is 2. The van der Waals surface area contributed by atoms with E-state index in [9.17, 15) is 0 Å². The number of benzene rings is 2. The lowest BCUT2D eigenvalue weighted by Gasteiger charge is -2.31. The molecule has 2 heteroatoms. The van der Waals surface area contributed by atoms with Crippen molar-refractivity contribution in [2.75, 3.05) is 11.9 Å². The summed E-state index contributed by atoms with van der Waals surface area (Å²) >= 11 is 0. The summed E-state index contributed by atoms with van der Waals surface area (Å²) in [6, 6.07) is 16.5. The average molecular weight is 235 g/mol. The quantitative estimate of drug-likeness (QED) is 0.755. The minimum atomic E-state index is -0.342. The maximum atomic E-state index is 6.26. The van der Waals surface area contributed by atoms with E-state index in [1.54, 1.807) is 0 Å². The van der Waals surface area contributed by atoms with Gasteiger partial charge in [0.15, 0.2) is 5.60 Å². The number of hydrogen-bond acceptors (Lipinski definition) is 2. The van der Waals surface area contributed by atoms with E-state index in [0.29, 0.717) is 0 Å². The molecule has 2 aromatic carbocycles.